The first-order valence-electron chi connectivity index (χ1n) is 5.58. The van der Waals surface area contributed by atoms with Crippen LogP contribution in [-0.4, -0.2) is 17.3 Å². The fourth-order valence-corrected chi connectivity index (χ4v) is 2.11. The number of halogens is 5. The standard InChI is InChI=1S/C12H9Cl2F3N2O2/c1-20-5-7-4-10(19-18-7)21-11-8(13)2-6(3-9(11)14)12(15,16)17/h2-4H,5H2,1H3,(H,18,19). The molecule has 0 aliphatic rings. The predicted octanol–water partition coefficient (Wildman–Crippen LogP) is 4.67. The van der Waals surface area contributed by atoms with Gasteiger partial charge in [0.1, 0.15) is 0 Å². The lowest BCUT2D eigenvalue weighted by Gasteiger charge is -2.11. The number of aromatic nitrogens is 2. The van der Waals surface area contributed by atoms with E-state index < -0.39 is 11.7 Å². The number of nitrogens with one attached hydrogen (secondary N) is 1. The van der Waals surface area contributed by atoms with Crippen molar-refractivity contribution in [3.63, 3.8) is 0 Å². The number of rotatable bonds is 4. The van der Waals surface area contributed by atoms with Crippen molar-refractivity contribution >= 4 is 23.2 Å². The van der Waals surface area contributed by atoms with Gasteiger partial charge >= 0.3 is 6.18 Å². The zero-order valence-corrected chi connectivity index (χ0v) is 12.1. The molecule has 0 atom stereocenters. The third-order valence-electron chi connectivity index (χ3n) is 2.44. The van der Waals surface area contributed by atoms with Crippen molar-refractivity contribution in [3.8, 4) is 11.6 Å². The summed E-state index contributed by atoms with van der Waals surface area (Å²) < 4.78 is 48.0. The molecule has 1 N–H and O–H groups in total. The van der Waals surface area contributed by atoms with Crippen molar-refractivity contribution < 1.29 is 22.6 Å². The molecule has 0 saturated heterocycles. The fraction of sp³-hybridized carbons (Fsp3) is 0.250. The number of hydrogen-bond acceptors (Lipinski definition) is 3. The van der Waals surface area contributed by atoms with Crippen molar-refractivity contribution in [2.45, 2.75) is 12.8 Å². The van der Waals surface area contributed by atoms with Gasteiger partial charge in [0.2, 0.25) is 5.88 Å². The minimum absolute atomic E-state index is 0.0956. The Bertz CT molecular complexity index is 621. The lowest BCUT2D eigenvalue weighted by atomic mass is 10.2. The largest absolute Gasteiger partial charge is 0.434 e. The molecular weight excluding hydrogens is 332 g/mol. The quantitative estimate of drug-likeness (QED) is 0.879. The minimum atomic E-state index is -4.54. The van der Waals surface area contributed by atoms with Crippen LogP contribution in [0.4, 0.5) is 13.2 Å². The molecule has 0 amide bonds. The first-order chi connectivity index (χ1) is 9.81. The number of alkyl halides is 3. The van der Waals surface area contributed by atoms with Gasteiger partial charge in [-0.15, -0.1) is 5.10 Å². The molecule has 0 radical (unpaired) electrons. The van der Waals surface area contributed by atoms with E-state index in [0.717, 1.165) is 12.1 Å². The van der Waals surface area contributed by atoms with Crippen LogP contribution in [0, 0.1) is 0 Å². The van der Waals surface area contributed by atoms with Crippen LogP contribution in [0.25, 0.3) is 0 Å². The molecule has 21 heavy (non-hydrogen) atoms. The second-order valence-corrected chi connectivity index (χ2v) is 4.85. The van der Waals surface area contributed by atoms with Crippen molar-refractivity contribution in [1.82, 2.24) is 10.2 Å². The molecule has 1 aromatic carbocycles. The molecule has 0 unspecified atom stereocenters. The van der Waals surface area contributed by atoms with E-state index in [1.807, 2.05) is 0 Å². The highest BCUT2D eigenvalue weighted by molar-refractivity contribution is 6.37. The second-order valence-electron chi connectivity index (χ2n) is 4.03. The van der Waals surface area contributed by atoms with E-state index in [1.165, 1.54) is 13.2 Å². The second kappa shape index (κ2) is 6.13. The molecular formula is C12H9Cl2F3N2O2. The minimum Gasteiger partial charge on any atom is -0.434 e. The van der Waals surface area contributed by atoms with Crippen LogP contribution in [-0.2, 0) is 17.5 Å². The number of ether oxygens (including phenoxy) is 2. The number of methoxy groups -OCH3 is 1. The van der Waals surface area contributed by atoms with Gasteiger partial charge in [0.25, 0.3) is 0 Å². The summed E-state index contributed by atoms with van der Waals surface area (Å²) in [4.78, 5) is 0. The Balaban J connectivity index is 2.27. The van der Waals surface area contributed by atoms with Crippen LogP contribution >= 0.6 is 23.2 Å². The summed E-state index contributed by atoms with van der Waals surface area (Å²) in [5, 5.41) is 5.94. The number of aromatic amines is 1. The fourth-order valence-electron chi connectivity index (χ4n) is 1.55. The molecule has 9 heteroatoms. The van der Waals surface area contributed by atoms with E-state index in [4.69, 9.17) is 32.7 Å². The molecule has 0 spiro atoms. The van der Waals surface area contributed by atoms with Gasteiger partial charge in [-0.25, -0.2) is 0 Å². The van der Waals surface area contributed by atoms with Crippen molar-refractivity contribution in [2.75, 3.05) is 7.11 Å². The normalized spacial score (nSPS) is 11.7. The highest BCUT2D eigenvalue weighted by atomic mass is 35.5. The predicted molar refractivity (Wildman–Crippen MR) is 70.8 cm³/mol. The summed E-state index contributed by atoms with van der Waals surface area (Å²) in [6, 6.07) is 3.00. The average molecular weight is 341 g/mol. The van der Waals surface area contributed by atoms with E-state index >= 15 is 0 Å². The molecule has 2 rings (SSSR count). The highest BCUT2D eigenvalue weighted by Crippen LogP contribution is 2.41. The summed E-state index contributed by atoms with van der Waals surface area (Å²) >= 11 is 11.6. The van der Waals surface area contributed by atoms with E-state index in [0.29, 0.717) is 5.69 Å². The molecule has 1 aromatic heterocycles. The van der Waals surface area contributed by atoms with E-state index in [2.05, 4.69) is 10.2 Å². The molecule has 0 aliphatic carbocycles. The number of benzene rings is 1. The van der Waals surface area contributed by atoms with Gasteiger partial charge in [0, 0.05) is 13.2 Å². The Hall–Kier alpha value is -1.44. The van der Waals surface area contributed by atoms with Gasteiger partial charge < -0.3 is 9.47 Å². The number of H-pyrrole nitrogens is 1. The zero-order chi connectivity index (χ0) is 15.6. The van der Waals surface area contributed by atoms with E-state index in [-0.39, 0.29) is 28.3 Å². The molecule has 0 aliphatic heterocycles. The van der Waals surface area contributed by atoms with Gasteiger partial charge in [-0.05, 0) is 12.1 Å². The lowest BCUT2D eigenvalue weighted by Crippen LogP contribution is -2.05. The van der Waals surface area contributed by atoms with Crippen molar-refractivity contribution in [3.05, 3.63) is 39.5 Å². The highest BCUT2D eigenvalue weighted by Gasteiger charge is 2.32. The Morgan fingerprint density at radius 1 is 1.19 bits per heavy atom. The molecule has 0 fully saturated rings. The number of nitrogens with zero attached hydrogens (tertiary/aromatic N) is 1. The summed E-state index contributed by atoms with van der Waals surface area (Å²) in [5.74, 6) is 0.0207. The van der Waals surface area contributed by atoms with E-state index in [9.17, 15) is 13.2 Å². The Labute approximate surface area is 127 Å². The summed E-state index contributed by atoms with van der Waals surface area (Å²) in [7, 11) is 1.50. The van der Waals surface area contributed by atoms with Crippen LogP contribution in [0.5, 0.6) is 11.6 Å². The van der Waals surface area contributed by atoms with Crippen LogP contribution in [0.15, 0.2) is 18.2 Å². The third-order valence-corrected chi connectivity index (χ3v) is 3.00. The van der Waals surface area contributed by atoms with Crippen LogP contribution in [0.3, 0.4) is 0 Å². The molecule has 4 nitrogen and oxygen atoms in total. The van der Waals surface area contributed by atoms with Gasteiger partial charge in [0.15, 0.2) is 5.75 Å². The van der Waals surface area contributed by atoms with Crippen LogP contribution < -0.4 is 4.74 Å². The van der Waals surface area contributed by atoms with Crippen LogP contribution in [0.2, 0.25) is 10.0 Å². The maximum absolute atomic E-state index is 12.6. The van der Waals surface area contributed by atoms with Crippen LogP contribution in [0.1, 0.15) is 11.3 Å². The maximum Gasteiger partial charge on any atom is 0.416 e. The molecule has 0 saturated carbocycles. The molecule has 0 bridgehead atoms. The first kappa shape index (κ1) is 15.9. The summed E-state index contributed by atoms with van der Waals surface area (Å²) in [5.41, 5.74) is -0.321. The Kier molecular flexibility index (Phi) is 4.65. The van der Waals surface area contributed by atoms with Gasteiger partial charge in [0.05, 0.1) is 27.9 Å². The zero-order valence-electron chi connectivity index (χ0n) is 10.6. The molecule has 2 aromatic rings. The van der Waals surface area contributed by atoms with Crippen molar-refractivity contribution in [2.24, 2.45) is 0 Å². The molecule has 1 heterocycles. The SMILES string of the molecule is COCc1cc(Oc2c(Cl)cc(C(F)(F)F)cc2Cl)n[nH]1. The average Bonchev–Trinajstić information content (AvgIpc) is 2.80. The number of hydrogen-bond donors (Lipinski definition) is 1. The van der Waals surface area contributed by atoms with E-state index in [1.54, 1.807) is 0 Å². The van der Waals surface area contributed by atoms with Gasteiger partial charge in [-0.1, -0.05) is 23.2 Å². The first-order valence-corrected chi connectivity index (χ1v) is 6.34. The maximum atomic E-state index is 12.6. The topological polar surface area (TPSA) is 47.1 Å². The van der Waals surface area contributed by atoms with Gasteiger partial charge in [-0.2, -0.15) is 13.2 Å². The third kappa shape index (κ3) is 3.81. The summed E-state index contributed by atoms with van der Waals surface area (Å²) in [6.07, 6.45) is -4.54. The smallest absolute Gasteiger partial charge is 0.416 e. The monoisotopic (exact) mass is 340 g/mol. The summed E-state index contributed by atoms with van der Waals surface area (Å²) in [6.45, 7) is 0.283. The Morgan fingerprint density at radius 2 is 1.81 bits per heavy atom. The van der Waals surface area contributed by atoms with Gasteiger partial charge in [-0.3, -0.25) is 5.10 Å². The lowest BCUT2D eigenvalue weighted by molar-refractivity contribution is -0.137. The molecule has 114 valence electrons. The van der Waals surface area contributed by atoms with Crippen molar-refractivity contribution in [1.29, 1.82) is 0 Å². The Morgan fingerprint density at radius 3 is 2.33 bits per heavy atom.